The molecule has 0 aliphatic carbocycles. The fraction of sp³-hybridized carbons (Fsp3) is 0.0952. The van der Waals surface area contributed by atoms with Crippen LogP contribution in [0.3, 0.4) is 0 Å². The maximum atomic E-state index is 12.4. The second-order valence-corrected chi connectivity index (χ2v) is 8.96. The van der Waals surface area contributed by atoms with Gasteiger partial charge in [0.2, 0.25) is 5.91 Å². The number of carbonyl (C=O) groups is 1. The van der Waals surface area contributed by atoms with Crippen LogP contribution in [0.2, 0.25) is 0 Å². The van der Waals surface area contributed by atoms with Crippen LogP contribution in [0.5, 0.6) is 0 Å². The van der Waals surface area contributed by atoms with Gasteiger partial charge in [0.05, 0.1) is 27.9 Å². The largest absolute Gasteiger partial charge is 0.325 e. The van der Waals surface area contributed by atoms with E-state index in [0.29, 0.717) is 12.2 Å². The average Bonchev–Trinajstić information content (AvgIpc) is 3.17. The van der Waals surface area contributed by atoms with Crippen molar-refractivity contribution >= 4 is 72.8 Å². The fourth-order valence-electron chi connectivity index (χ4n) is 2.70. The minimum Gasteiger partial charge on any atom is -0.325 e. The van der Waals surface area contributed by atoms with Crippen LogP contribution in [0, 0.1) is 0 Å². The first-order valence-corrected chi connectivity index (χ1v) is 11.3. The monoisotopic (exact) mass is 469 g/mol. The van der Waals surface area contributed by atoms with Gasteiger partial charge in [-0.05, 0) is 47.8 Å². The minimum absolute atomic E-state index is 0.0535. The van der Waals surface area contributed by atoms with Gasteiger partial charge >= 0.3 is 0 Å². The zero-order chi connectivity index (χ0) is 19.3. The number of amides is 1. The van der Waals surface area contributed by atoms with E-state index < -0.39 is 0 Å². The van der Waals surface area contributed by atoms with Gasteiger partial charge in [-0.25, -0.2) is 9.98 Å². The maximum absolute atomic E-state index is 12.4. The Morgan fingerprint density at radius 1 is 1.04 bits per heavy atom. The third kappa shape index (κ3) is 4.79. The summed E-state index contributed by atoms with van der Waals surface area (Å²) in [5, 5.41) is 5.86. The number of thiophene rings is 1. The molecule has 0 saturated heterocycles. The SMILES string of the molecule is O=C(CSC1=Nc2ccccc2N=C(c2cccs2)C1)Nc1ccc(Br)cc1. The number of nitrogens with zero attached hydrogens (tertiary/aromatic N) is 2. The smallest absolute Gasteiger partial charge is 0.234 e. The number of carbonyl (C=O) groups excluding carboxylic acids is 1. The molecule has 3 aromatic rings. The first kappa shape index (κ1) is 19.1. The number of halogens is 1. The number of thioether (sulfide) groups is 1. The summed E-state index contributed by atoms with van der Waals surface area (Å²) in [6.45, 7) is 0. The van der Waals surface area contributed by atoms with E-state index in [2.05, 4.69) is 27.3 Å². The molecule has 140 valence electrons. The lowest BCUT2D eigenvalue weighted by Crippen LogP contribution is -2.16. The van der Waals surface area contributed by atoms with Crippen LogP contribution in [0.15, 0.2) is 80.5 Å². The number of para-hydroxylation sites is 2. The summed E-state index contributed by atoms with van der Waals surface area (Å²) < 4.78 is 0.978. The van der Waals surface area contributed by atoms with Gasteiger partial charge in [-0.15, -0.1) is 23.1 Å². The van der Waals surface area contributed by atoms with Gasteiger partial charge in [-0.3, -0.25) is 4.79 Å². The Hall–Kier alpha value is -2.22. The summed E-state index contributed by atoms with van der Waals surface area (Å²) in [6, 6.07) is 19.5. The Labute approximate surface area is 179 Å². The van der Waals surface area contributed by atoms with Gasteiger partial charge < -0.3 is 5.32 Å². The van der Waals surface area contributed by atoms with Crippen molar-refractivity contribution in [2.45, 2.75) is 6.42 Å². The molecule has 1 aliphatic rings. The van der Waals surface area contributed by atoms with Gasteiger partial charge in [-0.2, -0.15) is 0 Å². The first-order valence-electron chi connectivity index (χ1n) is 8.63. The summed E-state index contributed by atoms with van der Waals surface area (Å²) in [5.74, 6) is 0.247. The van der Waals surface area contributed by atoms with Crippen molar-refractivity contribution in [2.75, 3.05) is 11.1 Å². The number of aliphatic imine (C=N–C) groups is 2. The molecule has 0 radical (unpaired) electrons. The predicted molar refractivity (Wildman–Crippen MR) is 124 cm³/mol. The number of benzene rings is 2. The number of hydrogen-bond donors (Lipinski definition) is 1. The van der Waals surface area contributed by atoms with Crippen LogP contribution in [0.25, 0.3) is 0 Å². The van der Waals surface area contributed by atoms with Gasteiger partial charge in [0.1, 0.15) is 0 Å². The van der Waals surface area contributed by atoms with E-state index in [1.807, 2.05) is 60.0 Å². The van der Waals surface area contributed by atoms with E-state index in [9.17, 15) is 4.79 Å². The molecule has 1 aliphatic heterocycles. The van der Waals surface area contributed by atoms with Crippen LogP contribution >= 0.6 is 39.0 Å². The summed E-state index contributed by atoms with van der Waals surface area (Å²) in [6.07, 6.45) is 0.616. The molecule has 2 aromatic carbocycles. The predicted octanol–water partition coefficient (Wildman–Crippen LogP) is 6.44. The molecular formula is C21H16BrN3OS2. The maximum Gasteiger partial charge on any atom is 0.234 e. The quantitative estimate of drug-likeness (QED) is 0.477. The Morgan fingerprint density at radius 2 is 1.79 bits per heavy atom. The second-order valence-electron chi connectivity index (χ2n) is 6.05. The summed E-state index contributed by atoms with van der Waals surface area (Å²) in [4.78, 5) is 23.1. The summed E-state index contributed by atoms with van der Waals surface area (Å²) >= 11 is 6.52. The van der Waals surface area contributed by atoms with Crippen molar-refractivity contribution in [3.63, 3.8) is 0 Å². The lowest BCUT2D eigenvalue weighted by Gasteiger charge is -2.07. The Kier molecular flexibility index (Phi) is 6.04. The molecule has 0 atom stereocenters. The van der Waals surface area contributed by atoms with Crippen LogP contribution in [0.1, 0.15) is 11.3 Å². The molecule has 28 heavy (non-hydrogen) atoms. The molecule has 0 bridgehead atoms. The van der Waals surface area contributed by atoms with Crippen molar-refractivity contribution < 1.29 is 4.79 Å². The molecule has 1 aromatic heterocycles. The average molecular weight is 470 g/mol. The highest BCUT2D eigenvalue weighted by Crippen LogP contribution is 2.34. The summed E-state index contributed by atoms with van der Waals surface area (Å²) in [5.41, 5.74) is 3.47. The number of nitrogens with one attached hydrogen (secondary N) is 1. The standard InChI is InChI=1S/C21H16BrN3OS2/c22-14-7-9-15(10-8-14)23-20(26)13-28-21-12-18(19-6-3-11-27-19)24-16-4-1-2-5-17(16)25-21/h1-11H,12-13H2,(H,23,26). The van der Waals surface area contributed by atoms with E-state index in [-0.39, 0.29) is 5.91 Å². The van der Waals surface area contributed by atoms with Crippen molar-refractivity contribution in [1.82, 2.24) is 0 Å². The van der Waals surface area contributed by atoms with Gasteiger partial charge in [0, 0.05) is 21.5 Å². The number of fused-ring (bicyclic) bond motifs is 1. The molecule has 4 nitrogen and oxygen atoms in total. The topological polar surface area (TPSA) is 53.8 Å². The normalized spacial score (nSPS) is 13.2. The number of hydrogen-bond acceptors (Lipinski definition) is 5. The molecule has 4 rings (SSSR count). The molecule has 0 spiro atoms. The minimum atomic E-state index is -0.0535. The Morgan fingerprint density at radius 3 is 2.50 bits per heavy atom. The van der Waals surface area contributed by atoms with Crippen molar-refractivity contribution in [3.05, 3.63) is 75.4 Å². The van der Waals surface area contributed by atoms with Crippen LogP contribution in [-0.4, -0.2) is 22.4 Å². The number of rotatable bonds is 4. The zero-order valence-electron chi connectivity index (χ0n) is 14.8. The highest BCUT2D eigenvalue weighted by molar-refractivity contribution is 9.10. The summed E-state index contributed by atoms with van der Waals surface area (Å²) in [7, 11) is 0. The molecule has 1 N–H and O–H groups in total. The molecule has 1 amide bonds. The van der Waals surface area contributed by atoms with Gasteiger partial charge in [0.15, 0.2) is 0 Å². The first-order chi connectivity index (χ1) is 13.7. The van der Waals surface area contributed by atoms with Crippen molar-refractivity contribution in [3.8, 4) is 0 Å². The van der Waals surface area contributed by atoms with Crippen LogP contribution in [-0.2, 0) is 4.79 Å². The lowest BCUT2D eigenvalue weighted by molar-refractivity contribution is -0.113. The fourth-order valence-corrected chi connectivity index (χ4v) is 4.45. The highest BCUT2D eigenvalue weighted by atomic mass is 79.9. The van der Waals surface area contributed by atoms with Crippen LogP contribution in [0.4, 0.5) is 17.1 Å². The lowest BCUT2D eigenvalue weighted by atomic mass is 10.2. The van der Waals surface area contributed by atoms with Crippen molar-refractivity contribution in [2.24, 2.45) is 9.98 Å². The Balaban J connectivity index is 1.49. The molecular weight excluding hydrogens is 454 g/mol. The van der Waals surface area contributed by atoms with E-state index in [4.69, 9.17) is 9.98 Å². The van der Waals surface area contributed by atoms with Crippen LogP contribution < -0.4 is 5.32 Å². The molecule has 0 saturated carbocycles. The second kappa shape index (κ2) is 8.86. The molecule has 0 unspecified atom stereocenters. The van der Waals surface area contributed by atoms with E-state index in [1.54, 1.807) is 11.3 Å². The third-order valence-electron chi connectivity index (χ3n) is 4.00. The van der Waals surface area contributed by atoms with E-state index in [0.717, 1.165) is 37.2 Å². The van der Waals surface area contributed by atoms with E-state index in [1.165, 1.54) is 11.8 Å². The molecule has 0 fully saturated rings. The van der Waals surface area contributed by atoms with Crippen molar-refractivity contribution in [1.29, 1.82) is 0 Å². The van der Waals surface area contributed by atoms with E-state index >= 15 is 0 Å². The Bertz CT molecular complexity index is 1040. The number of anilines is 1. The van der Waals surface area contributed by atoms with Gasteiger partial charge in [0.25, 0.3) is 0 Å². The third-order valence-corrected chi connectivity index (χ3v) is 6.43. The molecule has 2 heterocycles. The zero-order valence-corrected chi connectivity index (χ0v) is 18.0. The van der Waals surface area contributed by atoms with Gasteiger partial charge in [-0.1, -0.05) is 34.1 Å². The molecule has 7 heteroatoms. The highest BCUT2D eigenvalue weighted by Gasteiger charge is 2.17.